The van der Waals surface area contributed by atoms with Gasteiger partial charge >= 0.3 is 6.03 Å². The molecule has 3 aromatic rings. The lowest BCUT2D eigenvalue weighted by atomic mass is 9.85. The number of benzene rings is 2. The molecule has 28 heavy (non-hydrogen) atoms. The molecule has 4 rings (SSSR count). The lowest BCUT2D eigenvalue weighted by molar-refractivity contribution is 0.255. The van der Waals surface area contributed by atoms with E-state index in [2.05, 4.69) is 46.9 Å². The minimum Gasteiger partial charge on any atom is -0.308 e. The summed E-state index contributed by atoms with van der Waals surface area (Å²) in [6.07, 6.45) is 2.50. The van der Waals surface area contributed by atoms with Crippen LogP contribution in [0, 0.1) is 5.41 Å². The third-order valence-electron chi connectivity index (χ3n) is 4.91. The van der Waals surface area contributed by atoms with Gasteiger partial charge < -0.3 is 10.7 Å². The summed E-state index contributed by atoms with van der Waals surface area (Å²) in [5.74, 6) is 0.652. The Balaban J connectivity index is 1.39. The van der Waals surface area contributed by atoms with E-state index in [0.717, 1.165) is 16.7 Å². The van der Waals surface area contributed by atoms with Gasteiger partial charge in [-0.1, -0.05) is 32.9 Å². The van der Waals surface area contributed by atoms with Crippen LogP contribution in [-0.4, -0.2) is 27.5 Å². The molecule has 7 heteroatoms. The van der Waals surface area contributed by atoms with Crippen molar-refractivity contribution in [2.45, 2.75) is 33.2 Å². The Labute approximate surface area is 163 Å². The number of hydrogen-bond donors (Lipinski definition) is 3. The first-order chi connectivity index (χ1) is 13.4. The van der Waals surface area contributed by atoms with Crippen LogP contribution >= 0.6 is 0 Å². The largest absolute Gasteiger partial charge is 0.324 e. The van der Waals surface area contributed by atoms with Gasteiger partial charge in [0.1, 0.15) is 12.2 Å². The fourth-order valence-corrected chi connectivity index (χ4v) is 3.18. The first kappa shape index (κ1) is 18.0. The number of nitrogens with zero attached hydrogens (tertiary/aromatic N) is 3. The first-order valence-corrected chi connectivity index (χ1v) is 9.33. The van der Waals surface area contributed by atoms with Crippen molar-refractivity contribution in [2.75, 3.05) is 5.32 Å². The van der Waals surface area contributed by atoms with Crippen molar-refractivity contribution in [3.05, 3.63) is 54.9 Å². The van der Waals surface area contributed by atoms with E-state index in [1.165, 1.54) is 0 Å². The second-order valence-electron chi connectivity index (χ2n) is 8.04. The highest BCUT2D eigenvalue weighted by Crippen LogP contribution is 2.24. The highest BCUT2D eigenvalue weighted by Gasteiger charge is 2.30. The van der Waals surface area contributed by atoms with Gasteiger partial charge in [-0.25, -0.2) is 9.78 Å². The number of amidine groups is 1. The molecule has 2 amide bonds. The van der Waals surface area contributed by atoms with Crippen LogP contribution in [0.5, 0.6) is 0 Å². The number of para-hydroxylation sites is 2. The highest BCUT2D eigenvalue weighted by atomic mass is 16.2. The van der Waals surface area contributed by atoms with E-state index < -0.39 is 0 Å². The Hall–Kier alpha value is -3.35. The smallest absolute Gasteiger partial charge is 0.308 e. The Bertz CT molecular complexity index is 1030. The summed E-state index contributed by atoms with van der Waals surface area (Å²) in [7, 11) is 0. The number of anilines is 1. The lowest BCUT2D eigenvalue weighted by Gasteiger charge is -2.25. The van der Waals surface area contributed by atoms with Gasteiger partial charge in [-0.3, -0.25) is 9.88 Å². The number of imidazole rings is 1. The predicted molar refractivity (Wildman–Crippen MR) is 112 cm³/mol. The van der Waals surface area contributed by atoms with Crippen molar-refractivity contribution < 1.29 is 4.79 Å². The first-order valence-electron chi connectivity index (χ1n) is 9.33. The maximum absolute atomic E-state index is 12.3. The Kier molecular flexibility index (Phi) is 4.50. The molecule has 0 saturated heterocycles. The molecule has 1 unspecified atom stereocenters. The highest BCUT2D eigenvalue weighted by molar-refractivity contribution is 6.03. The van der Waals surface area contributed by atoms with Gasteiger partial charge in [0.15, 0.2) is 0 Å². The van der Waals surface area contributed by atoms with Gasteiger partial charge in [0.25, 0.3) is 0 Å². The molecule has 144 valence electrons. The zero-order valence-corrected chi connectivity index (χ0v) is 16.2. The van der Waals surface area contributed by atoms with Gasteiger partial charge in [0, 0.05) is 17.8 Å². The normalized spacial score (nSPS) is 16.5. The van der Waals surface area contributed by atoms with Crippen LogP contribution in [0.15, 0.2) is 60.0 Å². The van der Waals surface area contributed by atoms with E-state index in [1.54, 1.807) is 6.33 Å². The summed E-state index contributed by atoms with van der Waals surface area (Å²) < 4.78 is 2.02. The number of amides is 2. The molecule has 0 saturated carbocycles. The molecule has 0 aliphatic carbocycles. The average molecular weight is 376 g/mol. The summed E-state index contributed by atoms with van der Waals surface area (Å²) in [6, 6.07) is 15.5. The molecule has 0 fully saturated rings. The van der Waals surface area contributed by atoms with Crippen LogP contribution < -0.4 is 16.1 Å². The average Bonchev–Trinajstić information content (AvgIpc) is 3.29. The number of rotatable bonds is 2. The molecule has 2 heterocycles. The van der Waals surface area contributed by atoms with E-state index in [-0.39, 0.29) is 17.5 Å². The third-order valence-corrected chi connectivity index (χ3v) is 4.91. The summed E-state index contributed by atoms with van der Waals surface area (Å²) in [6.45, 7) is 6.44. The standard InChI is InChI=1S/C21H24N6O/c1-21(2,3)18-12-19(26-25-18)24-20(28)23-14-8-10-15(11-9-14)27-13-22-16-6-4-5-7-17(16)27/h4-11,13,18,25H,12H2,1-3H3,(H2,23,24,26,28). The zero-order valence-electron chi connectivity index (χ0n) is 16.2. The molecular formula is C21H24N6O. The number of fused-ring (bicyclic) bond motifs is 1. The SMILES string of the molecule is CC(C)(C)C1CC(NC(=O)Nc2ccc(-n3cnc4ccccc43)cc2)=NN1. The van der Waals surface area contributed by atoms with Crippen molar-refractivity contribution in [1.82, 2.24) is 20.3 Å². The second kappa shape index (κ2) is 6.99. The fraction of sp³-hybridized carbons (Fsp3) is 0.286. The summed E-state index contributed by atoms with van der Waals surface area (Å²) in [5.41, 5.74) is 6.86. The maximum atomic E-state index is 12.3. The van der Waals surface area contributed by atoms with E-state index >= 15 is 0 Å². The monoisotopic (exact) mass is 376 g/mol. The van der Waals surface area contributed by atoms with E-state index in [1.807, 2.05) is 53.1 Å². The molecule has 2 aromatic carbocycles. The molecule has 1 aliphatic rings. The number of carbonyl (C=O) groups is 1. The summed E-state index contributed by atoms with van der Waals surface area (Å²) in [4.78, 5) is 16.7. The van der Waals surface area contributed by atoms with Gasteiger partial charge in [-0.05, 0) is 41.8 Å². The minimum absolute atomic E-state index is 0.0801. The Morgan fingerprint density at radius 3 is 2.57 bits per heavy atom. The predicted octanol–water partition coefficient (Wildman–Crippen LogP) is 3.87. The van der Waals surface area contributed by atoms with Crippen LogP contribution in [0.3, 0.4) is 0 Å². The van der Waals surface area contributed by atoms with E-state index in [9.17, 15) is 4.79 Å². The van der Waals surface area contributed by atoms with Gasteiger partial charge in [0.2, 0.25) is 0 Å². The molecule has 1 aromatic heterocycles. The summed E-state index contributed by atoms with van der Waals surface area (Å²) >= 11 is 0. The number of aromatic nitrogens is 2. The van der Waals surface area contributed by atoms with Crippen LogP contribution in [0.1, 0.15) is 27.2 Å². The van der Waals surface area contributed by atoms with Crippen LogP contribution in [0.25, 0.3) is 16.7 Å². The minimum atomic E-state index is -0.295. The molecule has 0 bridgehead atoms. The second-order valence-corrected chi connectivity index (χ2v) is 8.04. The summed E-state index contributed by atoms with van der Waals surface area (Å²) in [5, 5.41) is 9.89. The fourth-order valence-electron chi connectivity index (χ4n) is 3.18. The van der Waals surface area contributed by atoms with Crippen LogP contribution in [0.2, 0.25) is 0 Å². The Morgan fingerprint density at radius 1 is 1.11 bits per heavy atom. The number of hydrogen-bond acceptors (Lipinski definition) is 4. The van der Waals surface area contributed by atoms with E-state index in [4.69, 9.17) is 0 Å². The van der Waals surface area contributed by atoms with Gasteiger partial charge in [0.05, 0.1) is 17.1 Å². The number of urea groups is 1. The van der Waals surface area contributed by atoms with Crippen LogP contribution in [0.4, 0.5) is 10.5 Å². The van der Waals surface area contributed by atoms with Gasteiger partial charge in [-0.2, -0.15) is 5.10 Å². The quantitative estimate of drug-likeness (QED) is 0.635. The molecule has 7 nitrogen and oxygen atoms in total. The van der Waals surface area contributed by atoms with Gasteiger partial charge in [-0.15, -0.1) is 0 Å². The topological polar surface area (TPSA) is 83.3 Å². The lowest BCUT2D eigenvalue weighted by Crippen LogP contribution is -2.37. The molecular weight excluding hydrogens is 352 g/mol. The molecule has 1 aliphatic heterocycles. The van der Waals surface area contributed by atoms with Crippen LogP contribution in [-0.2, 0) is 0 Å². The number of carbonyl (C=O) groups excluding carboxylic acids is 1. The maximum Gasteiger partial charge on any atom is 0.324 e. The van der Waals surface area contributed by atoms with Crippen molar-refractivity contribution in [3.63, 3.8) is 0 Å². The molecule has 0 radical (unpaired) electrons. The number of hydrazone groups is 1. The van der Waals surface area contributed by atoms with E-state index in [0.29, 0.717) is 17.9 Å². The van der Waals surface area contributed by atoms with Crippen molar-refractivity contribution in [3.8, 4) is 5.69 Å². The zero-order chi connectivity index (χ0) is 19.7. The molecule has 3 N–H and O–H groups in total. The number of nitrogens with one attached hydrogen (secondary N) is 3. The van der Waals surface area contributed by atoms with Crippen molar-refractivity contribution in [1.29, 1.82) is 0 Å². The third kappa shape index (κ3) is 3.69. The Morgan fingerprint density at radius 2 is 1.86 bits per heavy atom. The molecule has 0 spiro atoms. The molecule has 1 atom stereocenters. The van der Waals surface area contributed by atoms with Crippen molar-refractivity contribution >= 4 is 28.6 Å². The van der Waals surface area contributed by atoms with Crippen molar-refractivity contribution in [2.24, 2.45) is 10.5 Å².